The second-order valence-corrected chi connectivity index (χ2v) is 7.33. The van der Waals surface area contributed by atoms with E-state index in [-0.39, 0.29) is 25.2 Å². The number of nitro benzene ring substituents is 1. The number of halogens is 3. The number of piperidine rings is 1. The van der Waals surface area contributed by atoms with E-state index in [1.807, 2.05) is 0 Å². The summed E-state index contributed by atoms with van der Waals surface area (Å²) in [4.78, 5) is 8.74. The van der Waals surface area contributed by atoms with Gasteiger partial charge in [-0.1, -0.05) is 0 Å². The molecule has 24 heavy (non-hydrogen) atoms. The molecule has 0 spiro atoms. The number of sulfonamides is 1. The van der Waals surface area contributed by atoms with Crippen molar-refractivity contribution in [3.8, 4) is 0 Å². The van der Waals surface area contributed by atoms with Crippen LogP contribution in [0.15, 0.2) is 23.1 Å². The number of nitrogens with zero attached hydrogens (tertiary/aromatic N) is 2. The number of nitrogens with one attached hydrogen (secondary N) is 1. The molecule has 7 nitrogen and oxygen atoms in total. The molecular formula is C13H16F3N3O4S. The lowest BCUT2D eigenvalue weighted by Crippen LogP contribution is -2.47. The fourth-order valence-corrected chi connectivity index (χ4v) is 4.33. The molecule has 1 aromatic carbocycles. The molecule has 0 bridgehead atoms. The molecule has 1 atom stereocenters. The second-order valence-electron chi connectivity index (χ2n) is 5.43. The normalized spacial score (nSPS) is 20.1. The second kappa shape index (κ2) is 6.65. The average Bonchev–Trinajstić information content (AvgIpc) is 2.53. The van der Waals surface area contributed by atoms with Gasteiger partial charge < -0.3 is 5.32 Å². The van der Waals surface area contributed by atoms with Crippen LogP contribution in [0.3, 0.4) is 0 Å². The van der Waals surface area contributed by atoms with Crippen molar-refractivity contribution in [2.24, 2.45) is 0 Å². The highest BCUT2D eigenvalue weighted by atomic mass is 32.2. The lowest BCUT2D eigenvalue weighted by atomic mass is 10.1. The van der Waals surface area contributed by atoms with Crippen LogP contribution in [0, 0.1) is 10.1 Å². The summed E-state index contributed by atoms with van der Waals surface area (Å²) < 4.78 is 65.9. The minimum atomic E-state index is -5.02. The number of hydrogen-bond donors (Lipinski definition) is 1. The first-order valence-corrected chi connectivity index (χ1v) is 8.54. The maximum atomic E-state index is 13.2. The van der Waals surface area contributed by atoms with Gasteiger partial charge in [-0.2, -0.15) is 17.5 Å². The van der Waals surface area contributed by atoms with E-state index in [0.717, 1.165) is 16.8 Å². The first kappa shape index (κ1) is 18.6. The van der Waals surface area contributed by atoms with Crippen molar-refractivity contribution in [2.75, 3.05) is 20.1 Å². The van der Waals surface area contributed by atoms with Gasteiger partial charge in [-0.3, -0.25) is 10.1 Å². The van der Waals surface area contributed by atoms with Crippen LogP contribution in [-0.4, -0.2) is 43.8 Å². The molecule has 0 aromatic heterocycles. The van der Waals surface area contributed by atoms with Crippen LogP contribution in [0.2, 0.25) is 0 Å². The Balaban J connectivity index is 2.51. The van der Waals surface area contributed by atoms with Crippen LogP contribution in [0.5, 0.6) is 0 Å². The van der Waals surface area contributed by atoms with E-state index in [1.54, 1.807) is 7.05 Å². The average molecular weight is 367 g/mol. The Morgan fingerprint density at radius 3 is 2.58 bits per heavy atom. The molecule has 11 heteroatoms. The fourth-order valence-electron chi connectivity index (χ4n) is 2.61. The number of non-ortho nitro benzene ring substituents is 1. The molecule has 1 N–H and O–H groups in total. The first-order chi connectivity index (χ1) is 11.1. The van der Waals surface area contributed by atoms with Crippen LogP contribution in [0.25, 0.3) is 0 Å². The fraction of sp³-hybridized carbons (Fsp3) is 0.538. The zero-order valence-electron chi connectivity index (χ0n) is 12.7. The Kier molecular flexibility index (Phi) is 5.16. The number of nitro groups is 1. The maximum absolute atomic E-state index is 13.2. The zero-order valence-corrected chi connectivity index (χ0v) is 13.5. The molecule has 2 rings (SSSR count). The van der Waals surface area contributed by atoms with Crippen LogP contribution in [0.1, 0.15) is 18.4 Å². The predicted molar refractivity (Wildman–Crippen MR) is 78.9 cm³/mol. The van der Waals surface area contributed by atoms with Gasteiger partial charge in [0.2, 0.25) is 10.0 Å². The standard InChI is InChI=1S/C13H16F3N3O4S/c1-17-9-3-2-6-18(8-9)24(22,23)12-5-4-10(19(20)21)7-11(12)13(14,15)16/h4-5,7,9,17H,2-3,6,8H2,1H3. The molecule has 134 valence electrons. The van der Waals surface area contributed by atoms with Crippen molar-refractivity contribution < 1.29 is 26.5 Å². The van der Waals surface area contributed by atoms with Crippen LogP contribution >= 0.6 is 0 Å². The van der Waals surface area contributed by atoms with E-state index in [1.165, 1.54) is 0 Å². The van der Waals surface area contributed by atoms with Crippen molar-refractivity contribution in [1.82, 2.24) is 9.62 Å². The highest BCUT2D eigenvalue weighted by Gasteiger charge is 2.41. The molecule has 0 saturated carbocycles. The van der Waals surface area contributed by atoms with Crippen LogP contribution < -0.4 is 5.32 Å². The van der Waals surface area contributed by atoms with Crippen molar-refractivity contribution in [2.45, 2.75) is 30.0 Å². The number of likely N-dealkylation sites (N-methyl/N-ethyl adjacent to an activating group) is 1. The number of benzene rings is 1. The number of hydrogen-bond acceptors (Lipinski definition) is 5. The van der Waals surface area contributed by atoms with Gasteiger partial charge in [0.05, 0.1) is 15.4 Å². The van der Waals surface area contributed by atoms with E-state index in [0.29, 0.717) is 12.5 Å². The van der Waals surface area contributed by atoms with Gasteiger partial charge in [0, 0.05) is 31.3 Å². The smallest absolute Gasteiger partial charge is 0.316 e. The summed E-state index contributed by atoms with van der Waals surface area (Å²) >= 11 is 0. The number of rotatable bonds is 4. The van der Waals surface area contributed by atoms with Crippen molar-refractivity contribution in [3.05, 3.63) is 33.9 Å². The Bertz CT molecular complexity index is 736. The summed E-state index contributed by atoms with van der Waals surface area (Å²) in [5.74, 6) is 0. The van der Waals surface area contributed by atoms with E-state index >= 15 is 0 Å². The quantitative estimate of drug-likeness (QED) is 0.649. The largest absolute Gasteiger partial charge is 0.417 e. The minimum absolute atomic E-state index is 0.0487. The van der Waals surface area contributed by atoms with Crippen molar-refractivity contribution in [3.63, 3.8) is 0 Å². The van der Waals surface area contributed by atoms with E-state index in [2.05, 4.69) is 5.32 Å². The molecule has 0 radical (unpaired) electrons. The summed E-state index contributed by atoms with van der Waals surface area (Å²) in [5, 5.41) is 13.6. The first-order valence-electron chi connectivity index (χ1n) is 7.10. The van der Waals surface area contributed by atoms with Gasteiger partial charge in [0.15, 0.2) is 0 Å². The lowest BCUT2D eigenvalue weighted by molar-refractivity contribution is -0.385. The minimum Gasteiger partial charge on any atom is -0.316 e. The molecule has 1 saturated heterocycles. The highest BCUT2D eigenvalue weighted by molar-refractivity contribution is 7.89. The van der Waals surface area contributed by atoms with Crippen LogP contribution in [-0.2, 0) is 16.2 Å². The Hall–Kier alpha value is -1.72. The van der Waals surface area contributed by atoms with Gasteiger partial charge in [0.1, 0.15) is 0 Å². The lowest BCUT2D eigenvalue weighted by Gasteiger charge is -2.32. The molecule has 0 aliphatic carbocycles. The van der Waals surface area contributed by atoms with Gasteiger partial charge in [0.25, 0.3) is 5.69 Å². The SMILES string of the molecule is CNC1CCCN(S(=O)(=O)c2ccc([N+](=O)[O-])cc2C(F)(F)F)C1. The summed E-state index contributed by atoms with van der Waals surface area (Å²) in [5.41, 5.74) is -2.34. The third-order valence-electron chi connectivity index (χ3n) is 3.89. The van der Waals surface area contributed by atoms with Gasteiger partial charge in [-0.05, 0) is 26.0 Å². The zero-order chi connectivity index (χ0) is 18.1. The van der Waals surface area contributed by atoms with Gasteiger partial charge >= 0.3 is 6.18 Å². The third-order valence-corrected chi connectivity index (χ3v) is 5.81. The molecule has 1 aliphatic heterocycles. The van der Waals surface area contributed by atoms with E-state index in [9.17, 15) is 31.7 Å². The molecular weight excluding hydrogens is 351 g/mol. The maximum Gasteiger partial charge on any atom is 0.417 e. The van der Waals surface area contributed by atoms with Crippen molar-refractivity contribution >= 4 is 15.7 Å². The number of alkyl halides is 3. The predicted octanol–water partition coefficient (Wildman–Crippen LogP) is 1.99. The Morgan fingerprint density at radius 1 is 1.38 bits per heavy atom. The third kappa shape index (κ3) is 3.68. The van der Waals surface area contributed by atoms with Crippen molar-refractivity contribution in [1.29, 1.82) is 0 Å². The summed E-state index contributed by atoms with van der Waals surface area (Å²) in [6, 6.07) is 1.52. The molecule has 1 aliphatic rings. The molecule has 1 fully saturated rings. The monoisotopic (exact) mass is 367 g/mol. The topological polar surface area (TPSA) is 92.6 Å². The highest BCUT2D eigenvalue weighted by Crippen LogP contribution is 2.37. The van der Waals surface area contributed by atoms with Gasteiger partial charge in [-0.15, -0.1) is 0 Å². The summed E-state index contributed by atoms with van der Waals surface area (Å²) in [6.45, 7) is 0.155. The molecule has 1 unspecified atom stereocenters. The molecule has 1 aromatic rings. The molecule has 0 amide bonds. The summed E-state index contributed by atoms with van der Waals surface area (Å²) in [7, 11) is -2.76. The van der Waals surface area contributed by atoms with E-state index in [4.69, 9.17) is 0 Å². The Morgan fingerprint density at radius 2 is 2.04 bits per heavy atom. The van der Waals surface area contributed by atoms with E-state index < -0.39 is 37.3 Å². The Labute approximate surface area is 136 Å². The summed E-state index contributed by atoms with van der Waals surface area (Å²) in [6.07, 6.45) is -3.79. The molecule has 1 heterocycles. The van der Waals surface area contributed by atoms with Crippen LogP contribution in [0.4, 0.5) is 18.9 Å². The van der Waals surface area contributed by atoms with Gasteiger partial charge in [-0.25, -0.2) is 8.42 Å².